The van der Waals surface area contributed by atoms with Gasteiger partial charge in [0.1, 0.15) is 0 Å². The molecule has 1 aromatic rings. The lowest BCUT2D eigenvalue weighted by Crippen LogP contribution is -2.40. The van der Waals surface area contributed by atoms with Gasteiger partial charge in [0.05, 0.1) is 0 Å². The maximum atomic E-state index is 12.3. The summed E-state index contributed by atoms with van der Waals surface area (Å²) in [6, 6.07) is 6.56. The lowest BCUT2D eigenvalue weighted by atomic mass is 9.96. The summed E-state index contributed by atoms with van der Waals surface area (Å²) in [6.45, 7) is 2.13. The lowest BCUT2D eigenvalue weighted by Gasteiger charge is -2.31. The van der Waals surface area contributed by atoms with Crippen LogP contribution < -0.4 is 11.5 Å². The minimum absolute atomic E-state index is 0.0430. The fourth-order valence-electron chi connectivity index (χ4n) is 2.36. The van der Waals surface area contributed by atoms with Crippen molar-refractivity contribution < 1.29 is 9.59 Å². The Morgan fingerprint density at radius 1 is 1.21 bits per heavy atom. The van der Waals surface area contributed by atoms with Crippen LogP contribution in [0.3, 0.4) is 0 Å². The number of hydrogen-bond donors (Lipinski definition) is 2. The first-order valence-corrected chi connectivity index (χ1v) is 6.51. The van der Waals surface area contributed by atoms with Crippen LogP contribution in [0.4, 0.5) is 0 Å². The molecule has 1 aromatic carbocycles. The van der Waals surface area contributed by atoms with Crippen molar-refractivity contribution in [2.75, 3.05) is 19.6 Å². The van der Waals surface area contributed by atoms with Gasteiger partial charge in [-0.15, -0.1) is 0 Å². The minimum atomic E-state index is -0.517. The Labute approximate surface area is 112 Å². The third kappa shape index (κ3) is 3.12. The number of benzene rings is 1. The van der Waals surface area contributed by atoms with Gasteiger partial charge >= 0.3 is 0 Å². The number of primary amides is 1. The molecule has 0 radical (unpaired) electrons. The molecule has 2 amide bonds. The van der Waals surface area contributed by atoms with Gasteiger partial charge in [-0.1, -0.05) is 6.07 Å². The van der Waals surface area contributed by atoms with Crippen molar-refractivity contribution >= 4 is 11.8 Å². The summed E-state index contributed by atoms with van der Waals surface area (Å²) in [5, 5.41) is 0. The van der Waals surface area contributed by atoms with Gasteiger partial charge in [0, 0.05) is 24.2 Å². The van der Waals surface area contributed by atoms with Crippen molar-refractivity contribution in [2.24, 2.45) is 17.4 Å². The first kappa shape index (κ1) is 13.5. The number of hydrogen-bond acceptors (Lipinski definition) is 3. The Morgan fingerprint density at radius 2 is 1.84 bits per heavy atom. The number of amides is 2. The molecule has 1 aliphatic rings. The van der Waals surface area contributed by atoms with Gasteiger partial charge in [-0.05, 0) is 43.5 Å². The van der Waals surface area contributed by atoms with Gasteiger partial charge in [-0.2, -0.15) is 0 Å². The van der Waals surface area contributed by atoms with Gasteiger partial charge in [-0.3, -0.25) is 9.59 Å². The number of rotatable bonds is 3. The molecule has 19 heavy (non-hydrogen) atoms. The minimum Gasteiger partial charge on any atom is -0.366 e. The lowest BCUT2D eigenvalue weighted by molar-refractivity contribution is 0.0693. The van der Waals surface area contributed by atoms with Crippen molar-refractivity contribution in [3.05, 3.63) is 35.4 Å². The number of carbonyl (C=O) groups is 2. The summed E-state index contributed by atoms with van der Waals surface area (Å²) >= 11 is 0. The molecule has 2 rings (SSSR count). The van der Waals surface area contributed by atoms with Crippen molar-refractivity contribution in [3.63, 3.8) is 0 Å². The van der Waals surface area contributed by atoms with Crippen LogP contribution in [-0.4, -0.2) is 36.3 Å². The second-order valence-electron chi connectivity index (χ2n) is 4.92. The van der Waals surface area contributed by atoms with Crippen LogP contribution in [0, 0.1) is 5.92 Å². The SMILES string of the molecule is NCC1CCN(C(=O)c2cccc(C(N)=O)c2)CC1. The zero-order chi connectivity index (χ0) is 13.8. The number of carbonyl (C=O) groups excluding carboxylic acids is 2. The second kappa shape index (κ2) is 5.84. The summed E-state index contributed by atoms with van der Waals surface area (Å²) in [5.74, 6) is -0.0453. The van der Waals surface area contributed by atoms with E-state index in [1.165, 1.54) is 0 Å². The molecule has 1 heterocycles. The molecule has 0 aliphatic carbocycles. The van der Waals surface area contributed by atoms with E-state index >= 15 is 0 Å². The molecule has 1 aliphatic heterocycles. The van der Waals surface area contributed by atoms with Crippen molar-refractivity contribution in [1.29, 1.82) is 0 Å². The van der Waals surface area contributed by atoms with Gasteiger partial charge < -0.3 is 16.4 Å². The Balaban J connectivity index is 2.08. The molecule has 1 fully saturated rings. The summed E-state index contributed by atoms with van der Waals surface area (Å²) in [4.78, 5) is 25.2. The summed E-state index contributed by atoms with van der Waals surface area (Å²) in [5.41, 5.74) is 11.7. The monoisotopic (exact) mass is 261 g/mol. The average molecular weight is 261 g/mol. The molecule has 0 bridgehead atoms. The maximum absolute atomic E-state index is 12.3. The molecule has 4 N–H and O–H groups in total. The zero-order valence-corrected chi connectivity index (χ0v) is 10.8. The highest BCUT2D eigenvalue weighted by Gasteiger charge is 2.23. The zero-order valence-electron chi connectivity index (χ0n) is 10.8. The molecule has 0 atom stereocenters. The van der Waals surface area contributed by atoms with Crippen LogP contribution in [0.15, 0.2) is 24.3 Å². The van der Waals surface area contributed by atoms with E-state index in [1.807, 2.05) is 4.90 Å². The first-order chi connectivity index (χ1) is 9.11. The molecule has 0 aromatic heterocycles. The normalized spacial score (nSPS) is 16.4. The molecular formula is C14H19N3O2. The number of nitrogens with zero attached hydrogens (tertiary/aromatic N) is 1. The van der Waals surface area contributed by atoms with Crippen LogP contribution >= 0.6 is 0 Å². The Bertz CT molecular complexity index is 479. The largest absolute Gasteiger partial charge is 0.366 e. The summed E-state index contributed by atoms with van der Waals surface area (Å²) in [6.07, 6.45) is 1.88. The number of nitrogens with two attached hydrogens (primary N) is 2. The number of likely N-dealkylation sites (tertiary alicyclic amines) is 1. The molecule has 5 heteroatoms. The van der Waals surface area contributed by atoms with Crippen molar-refractivity contribution in [2.45, 2.75) is 12.8 Å². The fraction of sp³-hybridized carbons (Fsp3) is 0.429. The molecule has 0 saturated carbocycles. The van der Waals surface area contributed by atoms with Gasteiger partial charge in [-0.25, -0.2) is 0 Å². The van der Waals surface area contributed by atoms with Gasteiger partial charge in [0.15, 0.2) is 0 Å². The quantitative estimate of drug-likeness (QED) is 0.834. The van der Waals surface area contributed by atoms with Crippen LogP contribution in [0.2, 0.25) is 0 Å². The Kier molecular flexibility index (Phi) is 4.16. The fourth-order valence-corrected chi connectivity index (χ4v) is 2.36. The summed E-state index contributed by atoms with van der Waals surface area (Å²) < 4.78 is 0. The highest BCUT2D eigenvalue weighted by atomic mass is 16.2. The first-order valence-electron chi connectivity index (χ1n) is 6.51. The average Bonchev–Trinajstić information content (AvgIpc) is 2.46. The Morgan fingerprint density at radius 3 is 2.42 bits per heavy atom. The van der Waals surface area contributed by atoms with E-state index in [9.17, 15) is 9.59 Å². The van der Waals surface area contributed by atoms with Gasteiger partial charge in [0.2, 0.25) is 5.91 Å². The predicted molar refractivity (Wildman–Crippen MR) is 72.6 cm³/mol. The van der Waals surface area contributed by atoms with Crippen molar-refractivity contribution in [1.82, 2.24) is 4.90 Å². The van der Waals surface area contributed by atoms with Crippen LogP contribution in [0.25, 0.3) is 0 Å². The van der Waals surface area contributed by atoms with E-state index in [1.54, 1.807) is 24.3 Å². The Hall–Kier alpha value is -1.88. The van der Waals surface area contributed by atoms with Crippen LogP contribution in [0.5, 0.6) is 0 Å². The standard InChI is InChI=1S/C14H19N3O2/c15-9-10-4-6-17(7-5-10)14(19)12-3-1-2-11(8-12)13(16)18/h1-3,8,10H,4-7,9,15H2,(H2,16,18). The van der Waals surface area contributed by atoms with E-state index in [4.69, 9.17) is 11.5 Å². The van der Waals surface area contributed by atoms with Gasteiger partial charge in [0.25, 0.3) is 5.91 Å². The second-order valence-corrected chi connectivity index (χ2v) is 4.92. The predicted octanol–water partition coefficient (Wildman–Crippen LogP) is 0.596. The smallest absolute Gasteiger partial charge is 0.253 e. The third-order valence-corrected chi connectivity index (χ3v) is 3.63. The van der Waals surface area contributed by atoms with Crippen LogP contribution in [0.1, 0.15) is 33.6 Å². The van der Waals surface area contributed by atoms with E-state index in [0.29, 0.717) is 23.6 Å². The topological polar surface area (TPSA) is 89.4 Å². The molecule has 102 valence electrons. The maximum Gasteiger partial charge on any atom is 0.253 e. The number of piperidine rings is 1. The molecular weight excluding hydrogens is 242 g/mol. The third-order valence-electron chi connectivity index (χ3n) is 3.63. The molecule has 1 saturated heterocycles. The highest BCUT2D eigenvalue weighted by Crippen LogP contribution is 2.18. The van der Waals surface area contributed by atoms with E-state index < -0.39 is 5.91 Å². The molecule has 0 unspecified atom stereocenters. The van der Waals surface area contributed by atoms with E-state index in [2.05, 4.69) is 0 Å². The highest BCUT2D eigenvalue weighted by molar-refractivity contribution is 5.99. The molecule has 5 nitrogen and oxygen atoms in total. The van der Waals surface area contributed by atoms with E-state index in [-0.39, 0.29) is 5.91 Å². The van der Waals surface area contributed by atoms with E-state index in [0.717, 1.165) is 25.9 Å². The van der Waals surface area contributed by atoms with Crippen molar-refractivity contribution in [3.8, 4) is 0 Å². The van der Waals surface area contributed by atoms with Crippen LogP contribution in [-0.2, 0) is 0 Å². The summed E-state index contributed by atoms with van der Waals surface area (Å²) in [7, 11) is 0. The molecule has 0 spiro atoms.